The average molecular weight is 215 g/mol. The molecule has 0 spiro atoms. The number of aliphatic hydroxyl groups is 1. The van der Waals surface area contributed by atoms with Crippen molar-refractivity contribution in [2.75, 3.05) is 13.7 Å². The van der Waals surface area contributed by atoms with Crippen LogP contribution in [-0.2, 0) is 14.3 Å². The lowest BCUT2D eigenvalue weighted by molar-refractivity contribution is -0.148. The summed E-state index contributed by atoms with van der Waals surface area (Å²) in [5, 5.41) is 12.5. The number of ether oxygens (including phenoxy) is 1. The van der Waals surface area contributed by atoms with Crippen molar-refractivity contribution in [3.63, 3.8) is 0 Å². The molecular weight excluding hydrogens is 198 g/mol. The molecule has 0 bridgehead atoms. The molecule has 5 nitrogen and oxygen atoms in total. The highest BCUT2D eigenvalue weighted by atomic mass is 16.5. The van der Waals surface area contributed by atoms with Gasteiger partial charge in [-0.3, -0.25) is 9.59 Å². The number of esters is 1. The van der Waals surface area contributed by atoms with Crippen molar-refractivity contribution in [2.45, 2.75) is 31.3 Å². The molecule has 0 aliphatic heterocycles. The summed E-state index contributed by atoms with van der Waals surface area (Å²) in [7, 11) is 1.37. The highest BCUT2D eigenvalue weighted by Gasteiger charge is 2.35. The first kappa shape index (κ1) is 12.0. The Labute approximate surface area is 88.8 Å². The number of rotatable bonds is 4. The van der Waals surface area contributed by atoms with Crippen LogP contribution in [0.5, 0.6) is 0 Å². The fourth-order valence-electron chi connectivity index (χ4n) is 1.97. The molecule has 0 aromatic rings. The standard InChI is InChI=1S/C10H17NO4/c1-15-9(13)8-2-4-10(14,5-3-8)6-11-7-12/h7-8,14H,2-6H2,1H3,(H,11,12). The van der Waals surface area contributed by atoms with E-state index >= 15 is 0 Å². The molecule has 0 unspecified atom stereocenters. The van der Waals surface area contributed by atoms with Crippen molar-refractivity contribution in [2.24, 2.45) is 5.92 Å². The number of hydrogen-bond donors (Lipinski definition) is 2. The zero-order chi connectivity index (χ0) is 11.3. The minimum Gasteiger partial charge on any atom is -0.469 e. The number of carbonyl (C=O) groups is 2. The van der Waals surface area contributed by atoms with Gasteiger partial charge in [0.2, 0.25) is 6.41 Å². The molecule has 1 fully saturated rings. The molecule has 0 saturated heterocycles. The van der Waals surface area contributed by atoms with Gasteiger partial charge in [-0.05, 0) is 25.7 Å². The van der Waals surface area contributed by atoms with E-state index in [2.05, 4.69) is 10.1 Å². The fraction of sp³-hybridized carbons (Fsp3) is 0.800. The third-order valence-electron chi connectivity index (χ3n) is 2.97. The van der Waals surface area contributed by atoms with E-state index in [-0.39, 0.29) is 18.4 Å². The van der Waals surface area contributed by atoms with Gasteiger partial charge in [-0.25, -0.2) is 0 Å². The molecular formula is C10H17NO4. The largest absolute Gasteiger partial charge is 0.469 e. The predicted octanol–water partition coefficient (Wildman–Crippen LogP) is -0.173. The van der Waals surface area contributed by atoms with Crippen LogP contribution in [0.25, 0.3) is 0 Å². The second-order valence-electron chi connectivity index (χ2n) is 4.02. The fourth-order valence-corrected chi connectivity index (χ4v) is 1.97. The first-order valence-electron chi connectivity index (χ1n) is 5.08. The summed E-state index contributed by atoms with van der Waals surface area (Å²) >= 11 is 0. The number of amides is 1. The van der Waals surface area contributed by atoms with Crippen LogP contribution in [0.3, 0.4) is 0 Å². The lowest BCUT2D eigenvalue weighted by Gasteiger charge is -2.34. The van der Waals surface area contributed by atoms with E-state index in [1.165, 1.54) is 7.11 Å². The van der Waals surface area contributed by atoms with Crippen LogP contribution in [0.4, 0.5) is 0 Å². The molecule has 1 aliphatic carbocycles. The Balaban J connectivity index is 2.40. The molecule has 0 aromatic heterocycles. The summed E-state index contributed by atoms with van der Waals surface area (Å²) in [5.74, 6) is -0.313. The van der Waals surface area contributed by atoms with Gasteiger partial charge in [-0.2, -0.15) is 0 Å². The Bertz CT molecular complexity index is 234. The van der Waals surface area contributed by atoms with Crippen molar-refractivity contribution in [1.82, 2.24) is 5.32 Å². The smallest absolute Gasteiger partial charge is 0.308 e. The van der Waals surface area contributed by atoms with Crippen LogP contribution in [-0.4, -0.2) is 36.7 Å². The topological polar surface area (TPSA) is 75.6 Å². The van der Waals surface area contributed by atoms with Gasteiger partial charge in [0.1, 0.15) is 0 Å². The molecule has 1 saturated carbocycles. The number of carbonyl (C=O) groups excluding carboxylic acids is 2. The SMILES string of the molecule is COC(=O)C1CCC(O)(CNC=O)CC1. The third-order valence-corrected chi connectivity index (χ3v) is 2.97. The molecule has 0 aromatic carbocycles. The molecule has 1 rings (SSSR count). The Morgan fingerprint density at radius 3 is 2.67 bits per heavy atom. The highest BCUT2D eigenvalue weighted by Crippen LogP contribution is 2.32. The lowest BCUT2D eigenvalue weighted by Crippen LogP contribution is -2.44. The minimum atomic E-state index is -0.856. The van der Waals surface area contributed by atoms with Crippen molar-refractivity contribution < 1.29 is 19.4 Å². The van der Waals surface area contributed by atoms with Crippen molar-refractivity contribution in [1.29, 1.82) is 0 Å². The van der Waals surface area contributed by atoms with Crippen LogP contribution in [0, 0.1) is 5.92 Å². The van der Waals surface area contributed by atoms with Crippen LogP contribution in [0.15, 0.2) is 0 Å². The van der Waals surface area contributed by atoms with E-state index < -0.39 is 5.60 Å². The Morgan fingerprint density at radius 2 is 2.20 bits per heavy atom. The Hall–Kier alpha value is -1.10. The third kappa shape index (κ3) is 3.20. The average Bonchev–Trinajstić information content (AvgIpc) is 2.26. The first-order chi connectivity index (χ1) is 7.11. The monoisotopic (exact) mass is 215 g/mol. The maximum Gasteiger partial charge on any atom is 0.308 e. The highest BCUT2D eigenvalue weighted by molar-refractivity contribution is 5.72. The molecule has 86 valence electrons. The molecule has 0 heterocycles. The van der Waals surface area contributed by atoms with Gasteiger partial charge in [-0.15, -0.1) is 0 Å². The molecule has 1 amide bonds. The van der Waals surface area contributed by atoms with E-state index in [1.807, 2.05) is 0 Å². The quantitative estimate of drug-likeness (QED) is 0.504. The normalized spacial score (nSPS) is 30.7. The second-order valence-corrected chi connectivity index (χ2v) is 4.02. The number of methoxy groups -OCH3 is 1. The summed E-state index contributed by atoms with van der Waals surface area (Å²) in [5.41, 5.74) is -0.856. The van der Waals surface area contributed by atoms with Crippen LogP contribution in [0.2, 0.25) is 0 Å². The van der Waals surface area contributed by atoms with E-state index in [1.54, 1.807) is 0 Å². The van der Waals surface area contributed by atoms with E-state index in [4.69, 9.17) is 0 Å². The summed E-state index contributed by atoms with van der Waals surface area (Å²) in [4.78, 5) is 21.3. The summed E-state index contributed by atoms with van der Waals surface area (Å²) in [6.07, 6.45) is 2.85. The van der Waals surface area contributed by atoms with Gasteiger partial charge in [0.15, 0.2) is 0 Å². The van der Waals surface area contributed by atoms with Gasteiger partial charge in [0.25, 0.3) is 0 Å². The van der Waals surface area contributed by atoms with Crippen LogP contribution >= 0.6 is 0 Å². The Morgan fingerprint density at radius 1 is 1.60 bits per heavy atom. The van der Waals surface area contributed by atoms with Crippen LogP contribution < -0.4 is 5.32 Å². The molecule has 0 atom stereocenters. The summed E-state index contributed by atoms with van der Waals surface area (Å²) in [6.45, 7) is 0.254. The van der Waals surface area contributed by atoms with E-state index in [0.29, 0.717) is 32.1 Å². The zero-order valence-electron chi connectivity index (χ0n) is 8.86. The van der Waals surface area contributed by atoms with Gasteiger partial charge in [0, 0.05) is 6.54 Å². The predicted molar refractivity (Wildman–Crippen MR) is 53.0 cm³/mol. The van der Waals surface area contributed by atoms with E-state index in [0.717, 1.165) is 0 Å². The maximum atomic E-state index is 11.2. The van der Waals surface area contributed by atoms with Crippen molar-refractivity contribution in [3.05, 3.63) is 0 Å². The first-order valence-corrected chi connectivity index (χ1v) is 5.08. The second kappa shape index (κ2) is 5.11. The summed E-state index contributed by atoms with van der Waals surface area (Å²) < 4.78 is 4.65. The van der Waals surface area contributed by atoms with E-state index in [9.17, 15) is 14.7 Å². The molecule has 1 aliphatic rings. The minimum absolute atomic E-state index is 0.105. The number of hydrogen-bond acceptors (Lipinski definition) is 4. The molecule has 0 radical (unpaired) electrons. The molecule has 2 N–H and O–H groups in total. The molecule has 15 heavy (non-hydrogen) atoms. The van der Waals surface area contributed by atoms with Gasteiger partial charge in [-0.1, -0.05) is 0 Å². The van der Waals surface area contributed by atoms with Gasteiger partial charge in [0.05, 0.1) is 18.6 Å². The van der Waals surface area contributed by atoms with Crippen LogP contribution in [0.1, 0.15) is 25.7 Å². The van der Waals surface area contributed by atoms with Crippen molar-refractivity contribution >= 4 is 12.4 Å². The maximum absolute atomic E-state index is 11.2. The van der Waals surface area contributed by atoms with Gasteiger partial charge >= 0.3 is 5.97 Å². The lowest BCUT2D eigenvalue weighted by atomic mass is 9.79. The van der Waals surface area contributed by atoms with Crippen molar-refractivity contribution in [3.8, 4) is 0 Å². The number of nitrogens with one attached hydrogen (secondary N) is 1. The molecule has 5 heteroatoms. The van der Waals surface area contributed by atoms with Gasteiger partial charge < -0.3 is 15.2 Å². The zero-order valence-corrected chi connectivity index (χ0v) is 8.86. The Kier molecular flexibility index (Phi) is 4.08. The summed E-state index contributed by atoms with van der Waals surface area (Å²) in [6, 6.07) is 0.